The van der Waals surface area contributed by atoms with Gasteiger partial charge in [-0.2, -0.15) is 0 Å². The lowest BCUT2D eigenvalue weighted by molar-refractivity contribution is -0.132. The fourth-order valence-corrected chi connectivity index (χ4v) is 5.46. The van der Waals surface area contributed by atoms with Crippen molar-refractivity contribution >= 4 is 33.9 Å². The molecule has 1 saturated heterocycles. The number of nitrogens with zero attached hydrogens (tertiary/aromatic N) is 3. The Labute approximate surface area is 224 Å². The van der Waals surface area contributed by atoms with E-state index in [1.807, 2.05) is 20.8 Å². The Hall–Kier alpha value is -3.92. The topological polar surface area (TPSA) is 111 Å². The summed E-state index contributed by atoms with van der Waals surface area (Å²) in [5.41, 5.74) is 1.91. The van der Waals surface area contributed by atoms with Crippen molar-refractivity contribution in [3.63, 3.8) is 0 Å². The highest BCUT2D eigenvalue weighted by Crippen LogP contribution is 2.45. The van der Waals surface area contributed by atoms with E-state index in [4.69, 9.17) is 14.2 Å². The van der Waals surface area contributed by atoms with Crippen LogP contribution in [0.5, 0.6) is 17.2 Å². The van der Waals surface area contributed by atoms with Gasteiger partial charge in [0.05, 0.1) is 24.8 Å². The van der Waals surface area contributed by atoms with Crippen molar-refractivity contribution < 1.29 is 28.9 Å². The molecule has 2 atom stereocenters. The molecule has 2 aliphatic heterocycles. The van der Waals surface area contributed by atoms with Gasteiger partial charge in [-0.25, -0.2) is 0 Å². The van der Waals surface area contributed by atoms with Crippen molar-refractivity contribution in [2.45, 2.75) is 52.7 Å². The molecule has 0 unspecified atom stereocenters. The maximum Gasteiger partial charge on any atom is 0.301 e. The lowest BCUT2D eigenvalue weighted by Crippen LogP contribution is -2.29. The minimum Gasteiger partial charge on any atom is -0.507 e. The van der Waals surface area contributed by atoms with E-state index in [2.05, 4.69) is 10.2 Å². The van der Waals surface area contributed by atoms with E-state index in [1.165, 1.54) is 16.2 Å². The second-order valence-electron chi connectivity index (χ2n) is 9.22. The normalized spacial score (nSPS) is 19.9. The lowest BCUT2D eigenvalue weighted by atomic mass is 9.94. The van der Waals surface area contributed by atoms with Gasteiger partial charge >= 0.3 is 5.91 Å². The third-order valence-corrected chi connectivity index (χ3v) is 7.22. The van der Waals surface area contributed by atoms with Gasteiger partial charge in [0.2, 0.25) is 5.13 Å². The van der Waals surface area contributed by atoms with E-state index < -0.39 is 17.7 Å². The number of hydrogen-bond acceptors (Lipinski definition) is 9. The third kappa shape index (κ3) is 4.60. The zero-order valence-electron chi connectivity index (χ0n) is 21.7. The van der Waals surface area contributed by atoms with Crippen LogP contribution in [0.25, 0.3) is 5.76 Å². The summed E-state index contributed by atoms with van der Waals surface area (Å²) in [6.07, 6.45) is 1.54. The van der Waals surface area contributed by atoms with Gasteiger partial charge in [0.25, 0.3) is 5.78 Å². The van der Waals surface area contributed by atoms with Crippen LogP contribution < -0.4 is 19.1 Å². The predicted octanol–water partition coefficient (Wildman–Crippen LogP) is 4.98. The first-order chi connectivity index (χ1) is 18.3. The summed E-state index contributed by atoms with van der Waals surface area (Å²) in [5.74, 6) is -0.0389. The highest BCUT2D eigenvalue weighted by Gasteiger charge is 2.48. The van der Waals surface area contributed by atoms with Crippen LogP contribution in [0.4, 0.5) is 5.13 Å². The maximum absolute atomic E-state index is 13.5. The molecule has 0 aliphatic carbocycles. The zero-order chi connectivity index (χ0) is 27.0. The number of hydrogen-bond donors (Lipinski definition) is 1. The van der Waals surface area contributed by atoms with Gasteiger partial charge < -0.3 is 19.3 Å². The number of aromatic nitrogens is 2. The van der Waals surface area contributed by atoms with Crippen LogP contribution in [-0.2, 0) is 16.0 Å². The van der Waals surface area contributed by atoms with Gasteiger partial charge in [-0.15, -0.1) is 10.2 Å². The van der Waals surface area contributed by atoms with Crippen LogP contribution in [0.2, 0.25) is 0 Å². The van der Waals surface area contributed by atoms with E-state index in [1.54, 1.807) is 43.3 Å². The molecule has 3 heterocycles. The van der Waals surface area contributed by atoms with Gasteiger partial charge in [0.1, 0.15) is 22.6 Å². The number of carbonyl (C=O) groups is 2. The Balaban J connectivity index is 1.67. The average molecular weight is 536 g/mol. The van der Waals surface area contributed by atoms with E-state index in [0.29, 0.717) is 47.3 Å². The van der Waals surface area contributed by atoms with E-state index in [0.717, 1.165) is 17.7 Å². The largest absolute Gasteiger partial charge is 0.507 e. The molecule has 1 aromatic heterocycles. The average Bonchev–Trinajstić information content (AvgIpc) is 3.57. The molecule has 198 valence electrons. The fourth-order valence-electron chi connectivity index (χ4n) is 4.75. The molecule has 1 N–H and O–H groups in total. The first kappa shape index (κ1) is 25.7. The van der Waals surface area contributed by atoms with E-state index >= 15 is 0 Å². The molecule has 9 nitrogen and oxygen atoms in total. The molecule has 5 rings (SSSR count). The quantitative estimate of drug-likeness (QED) is 0.244. The Morgan fingerprint density at radius 1 is 1.13 bits per heavy atom. The summed E-state index contributed by atoms with van der Waals surface area (Å²) in [6, 6.07) is 9.62. The smallest absolute Gasteiger partial charge is 0.301 e. The summed E-state index contributed by atoms with van der Waals surface area (Å²) in [4.78, 5) is 28.2. The molecule has 0 bridgehead atoms. The molecule has 3 aromatic rings. The zero-order valence-corrected chi connectivity index (χ0v) is 22.5. The summed E-state index contributed by atoms with van der Waals surface area (Å²) in [7, 11) is 0. The number of aliphatic hydroxyl groups excluding tert-OH is 1. The number of anilines is 1. The van der Waals surface area contributed by atoms with E-state index in [9.17, 15) is 14.7 Å². The molecule has 0 spiro atoms. The highest BCUT2D eigenvalue weighted by atomic mass is 32.1. The number of ketones is 1. The van der Waals surface area contributed by atoms with Crippen molar-refractivity contribution in [2.75, 3.05) is 18.1 Å². The second kappa shape index (κ2) is 10.4. The first-order valence-electron chi connectivity index (χ1n) is 12.6. The number of amides is 1. The SMILES string of the molecule is CCCOc1ccc([C@@H]2C(=C(O)c3ccc4c(c3)C[C@@H](C)O4)C(=O)C(=O)N2c2nnc(C)s2)cc1OCC. The summed E-state index contributed by atoms with van der Waals surface area (Å²) in [5, 5.41) is 20.6. The van der Waals surface area contributed by atoms with Gasteiger partial charge in [-0.1, -0.05) is 24.3 Å². The lowest BCUT2D eigenvalue weighted by Gasteiger charge is -2.23. The van der Waals surface area contributed by atoms with Crippen LogP contribution in [0.1, 0.15) is 54.9 Å². The van der Waals surface area contributed by atoms with Crippen molar-refractivity contribution in [3.8, 4) is 17.2 Å². The van der Waals surface area contributed by atoms with Crippen LogP contribution in [0, 0.1) is 6.92 Å². The fraction of sp³-hybridized carbons (Fsp3) is 0.357. The summed E-state index contributed by atoms with van der Waals surface area (Å²) in [6.45, 7) is 8.54. The molecule has 2 aromatic carbocycles. The van der Waals surface area contributed by atoms with Gasteiger partial charge in [0.15, 0.2) is 11.5 Å². The molecule has 10 heteroatoms. The van der Waals surface area contributed by atoms with Crippen LogP contribution in [-0.4, -0.2) is 46.3 Å². The molecule has 1 fully saturated rings. The minimum absolute atomic E-state index is 0.0269. The second-order valence-corrected chi connectivity index (χ2v) is 10.4. The summed E-state index contributed by atoms with van der Waals surface area (Å²) >= 11 is 1.20. The first-order valence-corrected chi connectivity index (χ1v) is 13.4. The van der Waals surface area contributed by atoms with Gasteiger partial charge in [-0.3, -0.25) is 14.5 Å². The number of Topliss-reactive ketones (excluding diaryl/α,β-unsaturated/α-hetero) is 1. The van der Waals surface area contributed by atoms with Crippen LogP contribution in [0.3, 0.4) is 0 Å². The van der Waals surface area contributed by atoms with Crippen molar-refractivity contribution in [1.29, 1.82) is 0 Å². The highest BCUT2D eigenvalue weighted by molar-refractivity contribution is 7.15. The summed E-state index contributed by atoms with van der Waals surface area (Å²) < 4.78 is 17.5. The molecular formula is C28H29N3O6S. The Morgan fingerprint density at radius 3 is 2.66 bits per heavy atom. The van der Waals surface area contributed by atoms with Crippen molar-refractivity contribution in [3.05, 3.63) is 63.7 Å². The van der Waals surface area contributed by atoms with E-state index in [-0.39, 0.29) is 22.6 Å². The monoisotopic (exact) mass is 535 g/mol. The van der Waals surface area contributed by atoms with Gasteiger partial charge in [-0.05, 0) is 68.7 Å². The number of ether oxygens (including phenoxy) is 3. The van der Waals surface area contributed by atoms with Crippen molar-refractivity contribution in [2.24, 2.45) is 0 Å². The number of rotatable bonds is 8. The third-order valence-electron chi connectivity index (χ3n) is 6.38. The maximum atomic E-state index is 13.5. The number of carbonyl (C=O) groups excluding carboxylic acids is 2. The standard InChI is InChI=1S/C28H29N3O6S/c1-5-11-36-21-10-7-17(14-22(21)35-6-2)24-23(26(33)27(34)31(24)28-30-29-16(4)38-28)25(32)18-8-9-20-19(13-18)12-15(3)37-20/h7-10,13-15,24,32H,5-6,11-12H2,1-4H3/t15-,24-/m1/s1. The number of aliphatic hydroxyl groups is 1. The number of fused-ring (bicyclic) bond motifs is 1. The molecule has 0 saturated carbocycles. The molecular weight excluding hydrogens is 506 g/mol. The Bertz CT molecular complexity index is 1430. The Kier molecular flexibility index (Phi) is 7.07. The van der Waals surface area contributed by atoms with Crippen LogP contribution in [0.15, 0.2) is 42.0 Å². The molecule has 1 amide bonds. The number of benzene rings is 2. The van der Waals surface area contributed by atoms with Gasteiger partial charge in [0, 0.05) is 12.0 Å². The molecule has 38 heavy (non-hydrogen) atoms. The number of aryl methyl sites for hydroxylation is 1. The van der Waals surface area contributed by atoms with Crippen LogP contribution >= 0.6 is 11.3 Å². The predicted molar refractivity (Wildman–Crippen MR) is 143 cm³/mol. The molecule has 2 aliphatic rings. The molecule has 0 radical (unpaired) electrons. The van der Waals surface area contributed by atoms with Crippen molar-refractivity contribution in [1.82, 2.24) is 10.2 Å². The Morgan fingerprint density at radius 2 is 1.95 bits per heavy atom. The minimum atomic E-state index is -0.940.